The van der Waals surface area contributed by atoms with E-state index in [1.54, 1.807) is 27.4 Å². The maximum atomic E-state index is 12.9. The first-order valence-corrected chi connectivity index (χ1v) is 11.7. The van der Waals surface area contributed by atoms with Crippen LogP contribution in [0, 0.1) is 6.92 Å². The molecular weight excluding hydrogens is 448 g/mol. The van der Waals surface area contributed by atoms with Gasteiger partial charge in [0, 0.05) is 61.7 Å². The topological polar surface area (TPSA) is 81.5 Å². The van der Waals surface area contributed by atoms with E-state index in [1.165, 1.54) is 0 Å². The number of benzene rings is 2. The first-order chi connectivity index (χ1) is 16.9. The van der Waals surface area contributed by atoms with Gasteiger partial charge in [-0.15, -0.1) is 0 Å². The molecule has 0 N–H and O–H groups in total. The van der Waals surface area contributed by atoms with Crippen LogP contribution in [0.25, 0.3) is 11.0 Å². The summed E-state index contributed by atoms with van der Waals surface area (Å²) in [7, 11) is 4.88. The molecule has 4 rings (SSSR count). The first-order valence-electron chi connectivity index (χ1n) is 11.7. The van der Waals surface area contributed by atoms with Crippen LogP contribution in [0.15, 0.2) is 45.6 Å². The molecule has 0 spiro atoms. The molecule has 1 fully saturated rings. The number of ether oxygens (including phenoxy) is 3. The number of piperazine rings is 1. The van der Waals surface area contributed by atoms with Crippen LogP contribution in [0.4, 0.5) is 0 Å². The van der Waals surface area contributed by atoms with Crippen molar-refractivity contribution in [3.63, 3.8) is 0 Å². The standard InChI is InChI=1S/C27H32N2O6/c1-18-22-7-5-21(33-3)16-25(22)35-27(31)23(18)8-10-26(30)29-13-11-28(12-14-29)17-19-15-20(32-2)6-9-24(19)34-4/h5-7,9,15-16H,8,10-14,17H2,1-4H3. The van der Waals surface area contributed by atoms with Crippen molar-refractivity contribution in [1.82, 2.24) is 9.80 Å². The Morgan fingerprint density at radius 3 is 2.31 bits per heavy atom. The van der Waals surface area contributed by atoms with Crippen molar-refractivity contribution >= 4 is 16.9 Å². The molecule has 1 amide bonds. The number of carbonyl (C=O) groups is 1. The molecule has 0 atom stereocenters. The first kappa shape index (κ1) is 24.6. The lowest BCUT2D eigenvalue weighted by Gasteiger charge is -2.35. The Balaban J connectivity index is 1.35. The molecular formula is C27H32N2O6. The smallest absolute Gasteiger partial charge is 0.339 e. The second kappa shape index (κ2) is 10.8. The molecule has 1 aromatic heterocycles. The minimum atomic E-state index is -0.395. The van der Waals surface area contributed by atoms with Crippen LogP contribution < -0.4 is 19.8 Å². The van der Waals surface area contributed by atoms with E-state index < -0.39 is 5.63 Å². The summed E-state index contributed by atoms with van der Waals surface area (Å²) < 4.78 is 21.6. The van der Waals surface area contributed by atoms with E-state index in [1.807, 2.05) is 42.2 Å². The molecule has 0 radical (unpaired) electrons. The Labute approximate surface area is 205 Å². The van der Waals surface area contributed by atoms with Gasteiger partial charge in [-0.3, -0.25) is 9.69 Å². The number of rotatable bonds is 8. The van der Waals surface area contributed by atoms with Crippen LogP contribution in [0.2, 0.25) is 0 Å². The molecule has 2 aromatic carbocycles. The third kappa shape index (κ3) is 5.43. The van der Waals surface area contributed by atoms with Crippen LogP contribution in [0.5, 0.6) is 17.2 Å². The molecule has 0 bridgehead atoms. The second-order valence-corrected chi connectivity index (χ2v) is 8.69. The zero-order chi connectivity index (χ0) is 24.9. The van der Waals surface area contributed by atoms with Gasteiger partial charge in [-0.2, -0.15) is 0 Å². The van der Waals surface area contributed by atoms with Crippen LogP contribution in [-0.4, -0.2) is 63.2 Å². The van der Waals surface area contributed by atoms with Crippen molar-refractivity contribution < 1.29 is 23.4 Å². The monoisotopic (exact) mass is 480 g/mol. The van der Waals surface area contributed by atoms with Gasteiger partial charge in [0.25, 0.3) is 0 Å². The van der Waals surface area contributed by atoms with Gasteiger partial charge in [0.1, 0.15) is 22.8 Å². The van der Waals surface area contributed by atoms with E-state index in [-0.39, 0.29) is 12.3 Å². The Morgan fingerprint density at radius 2 is 1.63 bits per heavy atom. The van der Waals surface area contributed by atoms with E-state index in [0.29, 0.717) is 36.4 Å². The third-order valence-electron chi connectivity index (χ3n) is 6.69. The van der Waals surface area contributed by atoms with Gasteiger partial charge in [-0.1, -0.05) is 0 Å². The molecule has 3 aromatic rings. The molecule has 0 unspecified atom stereocenters. The number of fused-ring (bicyclic) bond motifs is 1. The van der Waals surface area contributed by atoms with Crippen molar-refractivity contribution in [3.8, 4) is 17.2 Å². The number of hydrogen-bond acceptors (Lipinski definition) is 7. The van der Waals surface area contributed by atoms with E-state index in [4.69, 9.17) is 18.6 Å². The summed E-state index contributed by atoms with van der Waals surface area (Å²) in [5.41, 5.74) is 2.56. The minimum Gasteiger partial charge on any atom is -0.497 e. The molecule has 8 nitrogen and oxygen atoms in total. The highest BCUT2D eigenvalue weighted by Crippen LogP contribution is 2.26. The minimum absolute atomic E-state index is 0.0530. The van der Waals surface area contributed by atoms with Gasteiger partial charge in [0.15, 0.2) is 0 Å². The summed E-state index contributed by atoms with van der Waals surface area (Å²) in [5.74, 6) is 2.30. The molecule has 0 aliphatic carbocycles. The molecule has 2 heterocycles. The normalized spacial score (nSPS) is 14.2. The lowest BCUT2D eigenvalue weighted by molar-refractivity contribution is -0.133. The quantitative estimate of drug-likeness (QED) is 0.457. The fourth-order valence-corrected chi connectivity index (χ4v) is 4.58. The van der Waals surface area contributed by atoms with Gasteiger partial charge in [-0.25, -0.2) is 4.79 Å². The van der Waals surface area contributed by atoms with Crippen molar-refractivity contribution in [2.45, 2.75) is 26.3 Å². The van der Waals surface area contributed by atoms with E-state index >= 15 is 0 Å². The number of hydrogen-bond donors (Lipinski definition) is 0. The molecule has 1 aliphatic heterocycles. The zero-order valence-electron chi connectivity index (χ0n) is 20.8. The van der Waals surface area contributed by atoms with Crippen molar-refractivity contribution in [2.24, 2.45) is 0 Å². The summed E-state index contributed by atoms with van der Waals surface area (Å²) in [6.07, 6.45) is 0.632. The van der Waals surface area contributed by atoms with Crippen LogP contribution in [-0.2, 0) is 17.8 Å². The Kier molecular flexibility index (Phi) is 7.60. The SMILES string of the molecule is COc1ccc(OC)c(CN2CCN(C(=O)CCc3c(C)c4ccc(OC)cc4oc3=O)CC2)c1. The van der Waals surface area contributed by atoms with Crippen LogP contribution >= 0.6 is 0 Å². The number of amides is 1. The maximum Gasteiger partial charge on any atom is 0.339 e. The molecule has 1 aliphatic rings. The van der Waals surface area contributed by atoms with E-state index in [0.717, 1.165) is 47.6 Å². The van der Waals surface area contributed by atoms with Gasteiger partial charge in [0.05, 0.1) is 21.3 Å². The predicted octanol–water partition coefficient (Wildman–Crippen LogP) is 3.40. The fourth-order valence-electron chi connectivity index (χ4n) is 4.58. The molecule has 35 heavy (non-hydrogen) atoms. The fraction of sp³-hybridized carbons (Fsp3) is 0.407. The maximum absolute atomic E-state index is 12.9. The summed E-state index contributed by atoms with van der Waals surface area (Å²) >= 11 is 0. The van der Waals surface area contributed by atoms with Gasteiger partial charge >= 0.3 is 5.63 Å². The second-order valence-electron chi connectivity index (χ2n) is 8.69. The van der Waals surface area contributed by atoms with E-state index in [9.17, 15) is 9.59 Å². The van der Waals surface area contributed by atoms with Crippen LogP contribution in [0.3, 0.4) is 0 Å². The van der Waals surface area contributed by atoms with Gasteiger partial charge in [-0.05, 0) is 49.2 Å². The molecule has 8 heteroatoms. The summed E-state index contributed by atoms with van der Waals surface area (Å²) in [5, 5.41) is 0.856. The molecule has 186 valence electrons. The molecule has 0 saturated carbocycles. The van der Waals surface area contributed by atoms with Crippen molar-refractivity contribution in [2.75, 3.05) is 47.5 Å². The predicted molar refractivity (Wildman–Crippen MR) is 133 cm³/mol. The van der Waals surface area contributed by atoms with Gasteiger partial charge in [0.2, 0.25) is 5.91 Å². The summed E-state index contributed by atoms with van der Waals surface area (Å²) in [4.78, 5) is 29.7. The average Bonchev–Trinajstić information content (AvgIpc) is 2.88. The average molecular weight is 481 g/mol. The zero-order valence-corrected chi connectivity index (χ0v) is 20.8. The lowest BCUT2D eigenvalue weighted by Crippen LogP contribution is -2.48. The Morgan fingerprint density at radius 1 is 0.943 bits per heavy atom. The van der Waals surface area contributed by atoms with Crippen molar-refractivity contribution in [3.05, 3.63) is 63.5 Å². The highest BCUT2D eigenvalue weighted by Gasteiger charge is 2.23. The van der Waals surface area contributed by atoms with Gasteiger partial charge < -0.3 is 23.5 Å². The number of nitrogens with zero attached hydrogens (tertiary/aromatic N) is 2. The van der Waals surface area contributed by atoms with Crippen molar-refractivity contribution in [1.29, 1.82) is 0 Å². The Hall–Kier alpha value is -3.52. The highest BCUT2D eigenvalue weighted by molar-refractivity contribution is 5.82. The largest absolute Gasteiger partial charge is 0.497 e. The number of aryl methyl sites for hydroxylation is 1. The summed E-state index contributed by atoms with van der Waals surface area (Å²) in [6.45, 7) is 5.46. The third-order valence-corrected chi connectivity index (χ3v) is 6.69. The Bertz CT molecular complexity index is 1260. The van der Waals surface area contributed by atoms with Crippen LogP contribution in [0.1, 0.15) is 23.1 Å². The summed E-state index contributed by atoms with van der Waals surface area (Å²) in [6, 6.07) is 11.2. The number of methoxy groups -OCH3 is 3. The van der Waals surface area contributed by atoms with E-state index in [2.05, 4.69) is 4.90 Å². The highest BCUT2D eigenvalue weighted by atomic mass is 16.5. The molecule has 1 saturated heterocycles. The lowest BCUT2D eigenvalue weighted by atomic mass is 10.0. The number of carbonyl (C=O) groups excluding carboxylic acids is 1.